The van der Waals surface area contributed by atoms with Crippen LogP contribution in [0.1, 0.15) is 0 Å². The molecule has 0 spiro atoms. The second kappa shape index (κ2) is 10.3. The van der Waals surface area contributed by atoms with Crippen molar-refractivity contribution in [2.75, 3.05) is 0 Å². The van der Waals surface area contributed by atoms with Crippen molar-refractivity contribution in [1.82, 2.24) is 0 Å². The van der Waals surface area contributed by atoms with Crippen LogP contribution in [0.3, 0.4) is 0 Å². The lowest BCUT2D eigenvalue weighted by Crippen LogP contribution is -2.08. The first-order chi connectivity index (χ1) is 23.5. The summed E-state index contributed by atoms with van der Waals surface area (Å²) < 4.78 is 6.28. The monoisotopic (exact) mass is 650 g/mol. The van der Waals surface area contributed by atoms with Crippen molar-refractivity contribution < 1.29 is 50.4 Å². The molecule has 11 heteroatoms. The average molecular weight is 650 g/mol. The Morgan fingerprint density at radius 1 is 0.388 bits per heavy atom. The number of phenols is 9. The van der Waals surface area contributed by atoms with E-state index in [1.165, 1.54) is 0 Å². The van der Waals surface area contributed by atoms with Crippen LogP contribution in [0.15, 0.2) is 89.3 Å². The smallest absolute Gasteiger partial charge is 0.208 e. The maximum absolute atomic E-state index is 11.0. The Hall–Kier alpha value is -6.88. The molecule has 0 aliphatic carbocycles. The molecular weight excluding hydrogens is 627 g/mol. The first-order valence-electron chi connectivity index (χ1n) is 14.8. The maximum Gasteiger partial charge on any atom is 0.208 e. The molecule has 238 valence electrons. The minimum atomic E-state index is -1.05. The van der Waals surface area contributed by atoms with Crippen molar-refractivity contribution in [1.29, 1.82) is 0 Å². The summed E-state index contributed by atoms with van der Waals surface area (Å²) in [5.74, 6) is -7.99. The molecule has 8 rings (SSSR count). The fraction of sp³-hybridized carbons (Fsp3) is 0. The lowest BCUT2D eigenvalue weighted by Gasteiger charge is -2.20. The van der Waals surface area contributed by atoms with Crippen LogP contribution in [0, 0.1) is 0 Å². The molecule has 0 amide bonds. The van der Waals surface area contributed by atoms with Crippen LogP contribution in [-0.2, 0) is 0 Å². The van der Waals surface area contributed by atoms with Gasteiger partial charge in [-0.3, -0.25) is 0 Å². The number of phenolic OH excluding ortho intramolecular Hbond substituents is 9. The van der Waals surface area contributed by atoms with Gasteiger partial charge in [0.1, 0.15) is 19.0 Å². The van der Waals surface area contributed by atoms with E-state index in [2.05, 4.69) is 0 Å². The molecule has 1 aromatic heterocycles. The molecule has 2 radical (unpaired) electrons. The van der Waals surface area contributed by atoms with Gasteiger partial charge >= 0.3 is 0 Å². The predicted octanol–water partition coefficient (Wildman–Crippen LogP) is 7.04. The first kappa shape index (κ1) is 29.5. The van der Waals surface area contributed by atoms with Gasteiger partial charge in [-0.2, -0.15) is 0 Å². The SMILES string of the molecule is [B]c1c(O)c(O)c(O)c(O)c1-c1ccc2c(c1)oc1cccc(-c3c4ccccc4c(-c4c(O)c(O)c(O)c(O)c4O)c4ccccc34)c12. The highest BCUT2D eigenvalue weighted by Gasteiger charge is 2.29. The molecule has 0 aliphatic rings. The number of furan rings is 1. The minimum absolute atomic E-state index is 0.0965. The van der Waals surface area contributed by atoms with Gasteiger partial charge in [-0.15, -0.1) is 0 Å². The van der Waals surface area contributed by atoms with Crippen LogP contribution < -0.4 is 5.46 Å². The number of rotatable bonds is 3. The van der Waals surface area contributed by atoms with E-state index in [4.69, 9.17) is 12.3 Å². The van der Waals surface area contributed by atoms with Crippen molar-refractivity contribution in [2.45, 2.75) is 0 Å². The summed E-state index contributed by atoms with van der Waals surface area (Å²) in [6, 6.07) is 25.0. The summed E-state index contributed by atoms with van der Waals surface area (Å²) in [5, 5.41) is 97.8. The van der Waals surface area contributed by atoms with Crippen molar-refractivity contribution in [3.63, 3.8) is 0 Å². The fourth-order valence-electron chi connectivity index (χ4n) is 6.81. The normalized spacial score (nSPS) is 11.7. The standard InChI is InChI=1S/C38H23BO10/c39-29-24(30(40)34(44)37(47)33(29)43)15-12-13-20-23(14-15)49-22-11-5-10-21(26(20)22)25-16-6-1-3-8-18(16)27(19-9-4-2-7-17(19)25)28-31(41)35(45)38(48)36(46)32(28)42/h1-14,40-48H. The molecule has 0 fully saturated rings. The van der Waals surface area contributed by atoms with E-state index in [0.717, 1.165) is 16.5 Å². The lowest BCUT2D eigenvalue weighted by atomic mass is 9.83. The Balaban J connectivity index is 1.45. The third kappa shape index (κ3) is 3.96. The number of fused-ring (bicyclic) bond motifs is 5. The molecular formula is C38H23BO10. The van der Waals surface area contributed by atoms with Gasteiger partial charge in [0.05, 0.1) is 5.56 Å². The lowest BCUT2D eigenvalue weighted by molar-refractivity contribution is 0.330. The van der Waals surface area contributed by atoms with Crippen LogP contribution in [0.4, 0.5) is 0 Å². The molecule has 0 unspecified atom stereocenters. The molecule has 49 heavy (non-hydrogen) atoms. The Morgan fingerprint density at radius 3 is 1.45 bits per heavy atom. The zero-order valence-electron chi connectivity index (χ0n) is 25.1. The van der Waals surface area contributed by atoms with Gasteiger partial charge in [0.25, 0.3) is 0 Å². The van der Waals surface area contributed by atoms with Gasteiger partial charge in [-0.05, 0) is 61.9 Å². The van der Waals surface area contributed by atoms with Crippen LogP contribution in [0.25, 0.3) is 76.9 Å². The third-order valence-corrected chi connectivity index (χ3v) is 9.04. The average Bonchev–Trinajstić information content (AvgIpc) is 3.50. The molecule has 7 aromatic carbocycles. The van der Waals surface area contributed by atoms with E-state index in [0.29, 0.717) is 49.2 Å². The van der Waals surface area contributed by atoms with Gasteiger partial charge in [-0.25, -0.2) is 0 Å². The molecule has 0 saturated heterocycles. The highest BCUT2D eigenvalue weighted by molar-refractivity contribution is 6.39. The topological polar surface area (TPSA) is 195 Å². The minimum Gasteiger partial charge on any atom is -0.505 e. The largest absolute Gasteiger partial charge is 0.505 e. The zero-order valence-corrected chi connectivity index (χ0v) is 25.1. The highest BCUT2D eigenvalue weighted by Crippen LogP contribution is 2.58. The van der Waals surface area contributed by atoms with E-state index < -0.39 is 51.7 Å². The number of hydrogen-bond acceptors (Lipinski definition) is 10. The molecule has 0 bridgehead atoms. The number of benzene rings is 7. The third-order valence-electron chi connectivity index (χ3n) is 9.04. The van der Waals surface area contributed by atoms with E-state index in [9.17, 15) is 46.0 Å². The summed E-state index contributed by atoms with van der Waals surface area (Å²) in [6.07, 6.45) is 0. The summed E-state index contributed by atoms with van der Waals surface area (Å²) in [7, 11) is 6.02. The number of hydrogen-bond donors (Lipinski definition) is 9. The molecule has 0 aliphatic heterocycles. The summed E-state index contributed by atoms with van der Waals surface area (Å²) in [4.78, 5) is 0. The second-order valence-corrected chi connectivity index (χ2v) is 11.6. The van der Waals surface area contributed by atoms with E-state index in [-0.39, 0.29) is 16.6 Å². The van der Waals surface area contributed by atoms with Crippen LogP contribution in [-0.4, -0.2) is 53.8 Å². The summed E-state index contributed by atoms with van der Waals surface area (Å²) >= 11 is 0. The van der Waals surface area contributed by atoms with Crippen LogP contribution >= 0.6 is 0 Å². The Kier molecular flexibility index (Phi) is 6.21. The maximum atomic E-state index is 11.0. The summed E-state index contributed by atoms with van der Waals surface area (Å²) in [6.45, 7) is 0. The zero-order chi connectivity index (χ0) is 34.5. The first-order valence-corrected chi connectivity index (χ1v) is 14.8. The van der Waals surface area contributed by atoms with Crippen molar-refractivity contribution >= 4 is 56.8 Å². The Bertz CT molecular complexity index is 2620. The van der Waals surface area contributed by atoms with E-state index in [1.807, 2.05) is 36.4 Å². The Morgan fingerprint density at radius 2 is 0.878 bits per heavy atom. The molecule has 8 aromatic rings. The van der Waals surface area contributed by atoms with Gasteiger partial charge in [0.15, 0.2) is 23.0 Å². The second-order valence-electron chi connectivity index (χ2n) is 11.6. The summed E-state index contributed by atoms with van der Waals surface area (Å²) in [5.41, 5.74) is 2.34. The van der Waals surface area contributed by atoms with Crippen molar-refractivity contribution in [3.8, 4) is 85.1 Å². The number of aromatic hydroxyl groups is 9. The van der Waals surface area contributed by atoms with Crippen LogP contribution in [0.2, 0.25) is 0 Å². The van der Waals surface area contributed by atoms with Crippen molar-refractivity contribution in [3.05, 3.63) is 84.9 Å². The molecule has 0 saturated carbocycles. The quantitative estimate of drug-likeness (QED) is 0.0414. The molecule has 9 N–H and O–H groups in total. The van der Waals surface area contributed by atoms with Crippen molar-refractivity contribution in [2.24, 2.45) is 0 Å². The molecule has 0 atom stereocenters. The van der Waals surface area contributed by atoms with Gasteiger partial charge in [0.2, 0.25) is 28.7 Å². The van der Waals surface area contributed by atoms with Crippen LogP contribution in [0.5, 0.6) is 51.7 Å². The predicted molar refractivity (Wildman–Crippen MR) is 185 cm³/mol. The molecule has 10 nitrogen and oxygen atoms in total. The van der Waals surface area contributed by atoms with E-state index in [1.54, 1.807) is 48.5 Å². The fourth-order valence-corrected chi connectivity index (χ4v) is 6.81. The van der Waals surface area contributed by atoms with Gasteiger partial charge in [-0.1, -0.05) is 66.7 Å². The van der Waals surface area contributed by atoms with Gasteiger partial charge < -0.3 is 50.4 Å². The van der Waals surface area contributed by atoms with Gasteiger partial charge in [0, 0.05) is 21.9 Å². The Labute approximate surface area is 276 Å². The molecule has 1 heterocycles. The highest BCUT2D eigenvalue weighted by atomic mass is 16.4. The van der Waals surface area contributed by atoms with E-state index >= 15 is 0 Å².